The second-order valence-corrected chi connectivity index (χ2v) is 11.2. The standard InChI is InChI=1S/C27H35N3O4/c1-2-22(29-18-11-16-12-19(29)15-27(34,13-16)14-18)28-25(32)23-24(31)20-9-5-6-10-21(20)30(26(23)33)17-7-3-4-8-17/h5-6,9-10,16-19,22,31,34H,2-4,7-8,11-15H2,1H3,(H,28,32). The average Bonchev–Trinajstić information content (AvgIpc) is 3.31. The third-order valence-corrected chi connectivity index (χ3v) is 9.00. The van der Waals surface area contributed by atoms with Crippen LogP contribution in [0.25, 0.3) is 10.9 Å². The Hall–Kier alpha value is -2.38. The SMILES string of the molecule is CCC(NC(=O)c1c(O)c2ccccc2n(C2CCCC2)c1=O)N1C2CC3CC1CC(O)(C3)C2. The predicted octanol–water partition coefficient (Wildman–Crippen LogP) is 3.67. The molecule has 1 amide bonds. The van der Waals surface area contributed by atoms with Gasteiger partial charge in [-0.3, -0.25) is 14.5 Å². The molecule has 0 radical (unpaired) electrons. The van der Waals surface area contributed by atoms with Crippen LogP contribution in [0.3, 0.4) is 0 Å². The first-order valence-corrected chi connectivity index (χ1v) is 13.1. The van der Waals surface area contributed by atoms with Crippen molar-refractivity contribution >= 4 is 16.8 Å². The third-order valence-electron chi connectivity index (χ3n) is 9.00. The zero-order valence-corrected chi connectivity index (χ0v) is 19.9. The highest BCUT2D eigenvalue weighted by atomic mass is 16.3. The maximum atomic E-state index is 13.7. The Balaban J connectivity index is 1.35. The van der Waals surface area contributed by atoms with Crippen molar-refractivity contribution in [2.24, 2.45) is 5.92 Å². The van der Waals surface area contributed by atoms with E-state index in [-0.39, 0.29) is 35.6 Å². The Morgan fingerprint density at radius 1 is 1.12 bits per heavy atom. The minimum atomic E-state index is -0.555. The van der Waals surface area contributed by atoms with Crippen molar-refractivity contribution in [1.82, 2.24) is 14.8 Å². The lowest BCUT2D eigenvalue weighted by Crippen LogP contribution is -2.69. The summed E-state index contributed by atoms with van der Waals surface area (Å²) >= 11 is 0. The summed E-state index contributed by atoms with van der Waals surface area (Å²) in [6, 6.07) is 7.89. The number of nitrogens with zero attached hydrogens (tertiary/aromatic N) is 2. The quantitative estimate of drug-likeness (QED) is 0.626. The monoisotopic (exact) mass is 465 g/mol. The molecule has 7 rings (SSSR count). The molecule has 7 nitrogen and oxygen atoms in total. The molecule has 7 heteroatoms. The second kappa shape index (κ2) is 8.09. The van der Waals surface area contributed by atoms with Crippen LogP contribution in [0.1, 0.15) is 87.5 Å². The van der Waals surface area contributed by atoms with E-state index in [2.05, 4.69) is 10.2 Å². The third kappa shape index (κ3) is 3.39. The minimum Gasteiger partial charge on any atom is -0.506 e. The Labute approximate surface area is 199 Å². The van der Waals surface area contributed by atoms with Crippen molar-refractivity contribution in [2.45, 2.75) is 101 Å². The van der Waals surface area contributed by atoms with E-state index in [0.717, 1.165) is 57.8 Å². The highest BCUT2D eigenvalue weighted by molar-refractivity contribution is 6.02. The molecule has 2 aromatic rings. The van der Waals surface area contributed by atoms with Crippen LogP contribution in [0.4, 0.5) is 0 Å². The zero-order chi connectivity index (χ0) is 23.6. The van der Waals surface area contributed by atoms with Crippen molar-refractivity contribution in [3.8, 4) is 5.75 Å². The molecule has 3 unspecified atom stereocenters. The Kier molecular flexibility index (Phi) is 5.26. The van der Waals surface area contributed by atoms with E-state index in [0.29, 0.717) is 23.2 Å². The van der Waals surface area contributed by atoms with Crippen LogP contribution >= 0.6 is 0 Å². The Bertz CT molecular complexity index is 1170. The number of aliphatic hydroxyl groups is 1. The topological polar surface area (TPSA) is 94.8 Å². The van der Waals surface area contributed by atoms with Gasteiger partial charge in [0, 0.05) is 23.5 Å². The van der Waals surface area contributed by atoms with Gasteiger partial charge in [0.1, 0.15) is 11.3 Å². The highest BCUT2D eigenvalue weighted by Crippen LogP contribution is 2.52. The summed E-state index contributed by atoms with van der Waals surface area (Å²) in [5, 5.41) is 25.7. The normalized spacial score (nSPS) is 31.9. The molecule has 0 spiro atoms. The molecular formula is C27H35N3O4. The predicted molar refractivity (Wildman–Crippen MR) is 130 cm³/mol. The number of nitrogens with one attached hydrogen (secondary N) is 1. The number of rotatable bonds is 5. The van der Waals surface area contributed by atoms with Crippen molar-refractivity contribution in [3.63, 3.8) is 0 Å². The molecule has 2 saturated heterocycles. The number of aromatic nitrogens is 1. The molecule has 3 atom stereocenters. The van der Waals surface area contributed by atoms with Gasteiger partial charge in [0.25, 0.3) is 11.5 Å². The Morgan fingerprint density at radius 3 is 2.44 bits per heavy atom. The van der Waals surface area contributed by atoms with Gasteiger partial charge < -0.3 is 20.1 Å². The fourth-order valence-electron chi connectivity index (χ4n) is 7.82. The molecule has 2 aliphatic heterocycles. The number of fused-ring (bicyclic) bond motifs is 1. The maximum absolute atomic E-state index is 13.7. The minimum absolute atomic E-state index is 0.0560. The maximum Gasteiger partial charge on any atom is 0.267 e. The fraction of sp³-hybridized carbons (Fsp3) is 0.630. The van der Waals surface area contributed by atoms with Gasteiger partial charge in [-0.25, -0.2) is 0 Å². The number of benzene rings is 1. The number of hydrogen-bond donors (Lipinski definition) is 3. The largest absolute Gasteiger partial charge is 0.506 e. The van der Waals surface area contributed by atoms with E-state index in [1.54, 1.807) is 10.6 Å². The van der Waals surface area contributed by atoms with Crippen molar-refractivity contribution in [3.05, 3.63) is 40.2 Å². The van der Waals surface area contributed by atoms with Gasteiger partial charge in [-0.15, -0.1) is 0 Å². The first-order chi connectivity index (χ1) is 16.4. The summed E-state index contributed by atoms with van der Waals surface area (Å²) in [6.45, 7) is 2.04. The number of piperidine rings is 2. The van der Waals surface area contributed by atoms with E-state index < -0.39 is 17.1 Å². The number of aromatic hydroxyl groups is 1. The number of carbonyl (C=O) groups excluding carboxylic acids is 1. The van der Waals surface area contributed by atoms with Crippen molar-refractivity contribution < 1.29 is 15.0 Å². The van der Waals surface area contributed by atoms with Crippen molar-refractivity contribution in [2.75, 3.05) is 0 Å². The van der Waals surface area contributed by atoms with Crippen LogP contribution in [-0.2, 0) is 0 Å². The van der Waals surface area contributed by atoms with Gasteiger partial charge in [0.15, 0.2) is 0 Å². The number of amides is 1. The summed E-state index contributed by atoms with van der Waals surface area (Å²) < 4.78 is 1.75. The number of para-hydroxylation sites is 1. The molecule has 1 aromatic heterocycles. The lowest BCUT2D eigenvalue weighted by Gasteiger charge is -2.61. The van der Waals surface area contributed by atoms with Crippen LogP contribution in [-0.4, -0.2) is 49.4 Å². The van der Waals surface area contributed by atoms with E-state index in [1.807, 2.05) is 25.1 Å². The summed E-state index contributed by atoms with van der Waals surface area (Å²) in [5.74, 6) is -0.161. The lowest BCUT2D eigenvalue weighted by atomic mass is 9.61. The number of carbonyl (C=O) groups is 1. The highest BCUT2D eigenvalue weighted by Gasteiger charge is 2.55. The molecule has 3 N–H and O–H groups in total. The molecule has 182 valence electrons. The first-order valence-electron chi connectivity index (χ1n) is 13.1. The summed E-state index contributed by atoms with van der Waals surface area (Å²) in [7, 11) is 0. The summed E-state index contributed by atoms with van der Waals surface area (Å²) in [6.07, 6.45) is 8.95. The van der Waals surface area contributed by atoms with Crippen LogP contribution in [0, 0.1) is 5.92 Å². The molecular weight excluding hydrogens is 430 g/mol. The molecule has 1 aromatic carbocycles. The average molecular weight is 466 g/mol. The molecule has 5 aliphatic rings. The van der Waals surface area contributed by atoms with E-state index >= 15 is 0 Å². The molecule has 3 aliphatic carbocycles. The van der Waals surface area contributed by atoms with Gasteiger partial charge >= 0.3 is 0 Å². The zero-order valence-electron chi connectivity index (χ0n) is 19.9. The molecule has 4 bridgehead atoms. The molecule has 5 fully saturated rings. The molecule has 34 heavy (non-hydrogen) atoms. The van der Waals surface area contributed by atoms with E-state index in [1.165, 1.54) is 0 Å². The lowest BCUT2D eigenvalue weighted by molar-refractivity contribution is -0.170. The van der Waals surface area contributed by atoms with Crippen LogP contribution < -0.4 is 10.9 Å². The first kappa shape index (κ1) is 22.1. The van der Waals surface area contributed by atoms with Crippen molar-refractivity contribution in [1.29, 1.82) is 0 Å². The van der Waals surface area contributed by atoms with Crippen LogP contribution in [0.5, 0.6) is 5.75 Å². The Morgan fingerprint density at radius 2 is 1.79 bits per heavy atom. The van der Waals surface area contributed by atoms with Gasteiger partial charge in [-0.1, -0.05) is 31.9 Å². The second-order valence-electron chi connectivity index (χ2n) is 11.2. The van der Waals surface area contributed by atoms with E-state index in [9.17, 15) is 19.8 Å². The summed E-state index contributed by atoms with van der Waals surface area (Å²) in [4.78, 5) is 29.6. The van der Waals surface area contributed by atoms with Gasteiger partial charge in [-0.05, 0) is 69.4 Å². The van der Waals surface area contributed by atoms with Gasteiger partial charge in [0.2, 0.25) is 0 Å². The van der Waals surface area contributed by atoms with Gasteiger partial charge in [0.05, 0.1) is 17.3 Å². The smallest absolute Gasteiger partial charge is 0.267 e. The van der Waals surface area contributed by atoms with Crippen LogP contribution in [0.15, 0.2) is 29.1 Å². The number of pyridine rings is 1. The summed E-state index contributed by atoms with van der Waals surface area (Å²) in [5.41, 5.74) is -0.406. The van der Waals surface area contributed by atoms with Gasteiger partial charge in [-0.2, -0.15) is 0 Å². The number of hydrogen-bond acceptors (Lipinski definition) is 5. The molecule has 3 saturated carbocycles. The van der Waals surface area contributed by atoms with Crippen LogP contribution in [0.2, 0.25) is 0 Å². The molecule has 3 heterocycles. The van der Waals surface area contributed by atoms with E-state index in [4.69, 9.17) is 0 Å². The fourth-order valence-corrected chi connectivity index (χ4v) is 7.82.